The Bertz CT molecular complexity index is 607. The number of hydrogen-bond acceptors (Lipinski definition) is 5. The van der Waals surface area contributed by atoms with Crippen molar-refractivity contribution in [3.8, 4) is 0 Å². The largest absolute Gasteiger partial charge is 0.347 e. The summed E-state index contributed by atoms with van der Waals surface area (Å²) in [7, 11) is 3.82. The Hall–Kier alpha value is -1.95. The zero-order valence-electron chi connectivity index (χ0n) is 16.1. The average Bonchev–Trinajstić information content (AvgIpc) is 2.67. The van der Waals surface area contributed by atoms with E-state index in [1.54, 1.807) is 18.5 Å². The second-order valence-corrected chi connectivity index (χ2v) is 7.70. The van der Waals surface area contributed by atoms with Crippen LogP contribution in [0.15, 0.2) is 18.5 Å². The van der Waals surface area contributed by atoms with Crippen molar-refractivity contribution in [2.45, 2.75) is 32.1 Å². The van der Waals surface area contributed by atoms with Crippen molar-refractivity contribution in [3.63, 3.8) is 0 Å². The number of rotatable bonds is 5. The number of carbonyl (C=O) groups excluding carboxylic acids is 1. The zero-order valence-corrected chi connectivity index (χ0v) is 16.1. The van der Waals surface area contributed by atoms with Crippen molar-refractivity contribution < 1.29 is 4.79 Å². The number of piperidine rings is 2. The summed E-state index contributed by atoms with van der Waals surface area (Å²) in [6.07, 6.45) is 13.4. The molecule has 0 spiro atoms. The van der Waals surface area contributed by atoms with Gasteiger partial charge in [0.05, 0.1) is 0 Å². The fourth-order valence-electron chi connectivity index (χ4n) is 3.84. The minimum Gasteiger partial charge on any atom is -0.347 e. The maximum Gasteiger partial charge on any atom is 0.246 e. The minimum absolute atomic E-state index is 0.102. The van der Waals surface area contributed by atoms with Crippen LogP contribution in [0.5, 0.6) is 0 Å². The Morgan fingerprint density at radius 3 is 2.58 bits per heavy atom. The molecule has 0 aromatic carbocycles. The highest BCUT2D eigenvalue weighted by molar-refractivity contribution is 5.91. The summed E-state index contributed by atoms with van der Waals surface area (Å²) < 4.78 is 0. The first-order valence-corrected chi connectivity index (χ1v) is 9.80. The van der Waals surface area contributed by atoms with E-state index >= 15 is 0 Å². The summed E-state index contributed by atoms with van der Waals surface area (Å²) >= 11 is 0. The van der Waals surface area contributed by atoms with E-state index < -0.39 is 0 Å². The lowest BCUT2D eigenvalue weighted by molar-refractivity contribution is -0.127. The van der Waals surface area contributed by atoms with Gasteiger partial charge >= 0.3 is 0 Å². The molecule has 2 fully saturated rings. The molecule has 26 heavy (non-hydrogen) atoms. The van der Waals surface area contributed by atoms with Crippen molar-refractivity contribution in [1.29, 1.82) is 0 Å². The van der Waals surface area contributed by atoms with E-state index in [0.29, 0.717) is 11.9 Å². The molecule has 2 aliphatic rings. The first-order valence-electron chi connectivity index (χ1n) is 9.80. The Balaban J connectivity index is 1.51. The van der Waals surface area contributed by atoms with Gasteiger partial charge in [0.1, 0.15) is 0 Å². The second-order valence-electron chi connectivity index (χ2n) is 7.70. The molecular formula is C20H31N5O. The highest BCUT2D eigenvalue weighted by Crippen LogP contribution is 2.20. The number of amides is 1. The van der Waals surface area contributed by atoms with Crippen LogP contribution in [0.25, 0.3) is 6.08 Å². The zero-order chi connectivity index (χ0) is 18.4. The predicted molar refractivity (Wildman–Crippen MR) is 105 cm³/mol. The first kappa shape index (κ1) is 18.8. The monoisotopic (exact) mass is 357 g/mol. The molecule has 2 aliphatic heterocycles. The van der Waals surface area contributed by atoms with Gasteiger partial charge in [-0.2, -0.15) is 0 Å². The van der Waals surface area contributed by atoms with Gasteiger partial charge in [-0.3, -0.25) is 4.79 Å². The smallest absolute Gasteiger partial charge is 0.246 e. The summed E-state index contributed by atoms with van der Waals surface area (Å²) in [4.78, 5) is 27.6. The average molecular weight is 358 g/mol. The summed E-state index contributed by atoms with van der Waals surface area (Å²) in [5.41, 5.74) is 0.853. The molecule has 1 atom stereocenters. The maximum atomic E-state index is 12.6. The van der Waals surface area contributed by atoms with E-state index in [9.17, 15) is 4.79 Å². The van der Waals surface area contributed by atoms with Crippen LogP contribution < -0.4 is 4.90 Å². The van der Waals surface area contributed by atoms with Crippen LogP contribution >= 0.6 is 0 Å². The third kappa shape index (κ3) is 5.27. The van der Waals surface area contributed by atoms with Crippen LogP contribution in [0.1, 0.15) is 37.7 Å². The molecule has 1 aromatic heterocycles. The highest BCUT2D eigenvalue weighted by Gasteiger charge is 2.24. The van der Waals surface area contributed by atoms with Crippen LogP contribution in [0.3, 0.4) is 0 Å². The third-order valence-corrected chi connectivity index (χ3v) is 5.27. The summed E-state index contributed by atoms with van der Waals surface area (Å²) in [6, 6.07) is 0. The fraction of sp³-hybridized carbons (Fsp3) is 0.650. The molecule has 0 bridgehead atoms. The Morgan fingerprint density at radius 2 is 1.88 bits per heavy atom. The highest BCUT2D eigenvalue weighted by atomic mass is 16.2. The fourth-order valence-corrected chi connectivity index (χ4v) is 3.84. The van der Waals surface area contributed by atoms with Crippen molar-refractivity contribution >= 4 is 17.9 Å². The Kier molecular flexibility index (Phi) is 6.61. The number of anilines is 1. The molecule has 0 N–H and O–H groups in total. The van der Waals surface area contributed by atoms with E-state index in [1.807, 2.05) is 30.0 Å². The third-order valence-electron chi connectivity index (χ3n) is 5.27. The van der Waals surface area contributed by atoms with Crippen LogP contribution in [0.4, 0.5) is 5.95 Å². The molecule has 0 aliphatic carbocycles. The van der Waals surface area contributed by atoms with E-state index in [4.69, 9.17) is 0 Å². The van der Waals surface area contributed by atoms with Crippen molar-refractivity contribution in [1.82, 2.24) is 19.8 Å². The molecule has 0 saturated carbocycles. The van der Waals surface area contributed by atoms with Gasteiger partial charge in [0, 0.05) is 57.8 Å². The van der Waals surface area contributed by atoms with Gasteiger partial charge in [0.25, 0.3) is 0 Å². The molecule has 3 rings (SSSR count). The summed E-state index contributed by atoms with van der Waals surface area (Å²) in [5, 5.41) is 0. The van der Waals surface area contributed by atoms with E-state index in [1.165, 1.54) is 38.8 Å². The number of carbonyl (C=O) groups is 1. The molecule has 0 radical (unpaired) electrons. The van der Waals surface area contributed by atoms with E-state index in [2.05, 4.69) is 14.9 Å². The number of nitrogens with zero attached hydrogens (tertiary/aromatic N) is 5. The lowest BCUT2D eigenvalue weighted by atomic mass is 9.96. The van der Waals surface area contributed by atoms with Gasteiger partial charge in [-0.25, -0.2) is 9.97 Å². The molecule has 1 amide bonds. The molecule has 6 nitrogen and oxygen atoms in total. The van der Waals surface area contributed by atoms with Crippen molar-refractivity contribution in [3.05, 3.63) is 24.0 Å². The van der Waals surface area contributed by atoms with Gasteiger partial charge in [0.15, 0.2) is 0 Å². The molecule has 1 aromatic rings. The molecular weight excluding hydrogens is 326 g/mol. The maximum absolute atomic E-state index is 12.6. The number of hydrogen-bond donors (Lipinski definition) is 0. The lowest BCUT2D eigenvalue weighted by Crippen LogP contribution is -2.44. The van der Waals surface area contributed by atoms with Gasteiger partial charge < -0.3 is 14.7 Å². The molecule has 142 valence electrons. The SMILES string of the molecule is CN(C)c1ncc(/C=C/C(=O)N2CCCC(CN3CCCCC3)C2)cn1. The van der Waals surface area contributed by atoms with E-state index in [0.717, 1.165) is 31.6 Å². The lowest BCUT2D eigenvalue weighted by Gasteiger charge is -2.36. The van der Waals surface area contributed by atoms with Crippen molar-refractivity contribution in [2.24, 2.45) is 5.92 Å². The summed E-state index contributed by atoms with van der Waals surface area (Å²) in [5.74, 6) is 1.39. The minimum atomic E-state index is 0.102. The Morgan fingerprint density at radius 1 is 1.15 bits per heavy atom. The molecule has 3 heterocycles. The van der Waals surface area contributed by atoms with Gasteiger partial charge in [-0.1, -0.05) is 6.42 Å². The molecule has 2 saturated heterocycles. The van der Waals surface area contributed by atoms with Crippen LogP contribution in [-0.4, -0.2) is 72.5 Å². The second kappa shape index (κ2) is 9.12. The predicted octanol–water partition coefficient (Wildman–Crippen LogP) is 2.28. The summed E-state index contributed by atoms with van der Waals surface area (Å²) in [6.45, 7) is 5.36. The first-order chi connectivity index (χ1) is 12.6. The number of aromatic nitrogens is 2. The van der Waals surface area contributed by atoms with Gasteiger partial charge in [-0.15, -0.1) is 0 Å². The van der Waals surface area contributed by atoms with Crippen LogP contribution in [0, 0.1) is 5.92 Å². The van der Waals surface area contributed by atoms with Gasteiger partial charge in [0.2, 0.25) is 11.9 Å². The topological polar surface area (TPSA) is 52.6 Å². The Labute approximate surface area is 156 Å². The standard InChI is InChI=1S/C20H31N5O/c1-23(2)20-21-13-17(14-22-20)8-9-19(26)25-12-6-7-18(16-25)15-24-10-4-3-5-11-24/h8-9,13-14,18H,3-7,10-12,15-16H2,1-2H3/b9-8+. The van der Waals surface area contributed by atoms with Crippen molar-refractivity contribution in [2.75, 3.05) is 51.7 Å². The van der Waals surface area contributed by atoms with Gasteiger partial charge in [-0.05, 0) is 50.8 Å². The molecule has 1 unspecified atom stereocenters. The van der Waals surface area contributed by atoms with E-state index in [-0.39, 0.29) is 5.91 Å². The molecule has 6 heteroatoms. The van der Waals surface area contributed by atoms with Crippen LogP contribution in [-0.2, 0) is 4.79 Å². The normalized spacial score (nSPS) is 21.9. The van der Waals surface area contributed by atoms with Crippen LogP contribution in [0.2, 0.25) is 0 Å². The number of likely N-dealkylation sites (tertiary alicyclic amines) is 2. The quantitative estimate of drug-likeness (QED) is 0.757.